The van der Waals surface area contributed by atoms with Gasteiger partial charge in [0, 0.05) is 48.7 Å². The fourth-order valence-electron chi connectivity index (χ4n) is 3.51. The fourth-order valence-corrected chi connectivity index (χ4v) is 3.51. The number of benzene rings is 2. The van der Waals surface area contributed by atoms with Crippen LogP contribution in [0.25, 0.3) is 27.8 Å². The third kappa shape index (κ3) is 2.46. The Morgan fingerprint density at radius 2 is 1.88 bits per heavy atom. The monoisotopic (exact) mass is 339 g/mol. The number of aromatic nitrogens is 3. The lowest BCUT2D eigenvalue weighted by molar-refractivity contribution is -0.574. The SMILES string of the molecule is Cc1c(-c2cncn2C)cc(C#N)cc1-[n+]1c(C)ccc2ccccc21. The Kier molecular flexibility index (Phi) is 3.78. The molecule has 4 nitrogen and oxygen atoms in total. The summed E-state index contributed by atoms with van der Waals surface area (Å²) in [5, 5.41) is 10.8. The van der Waals surface area contributed by atoms with Crippen molar-refractivity contribution in [1.29, 1.82) is 5.26 Å². The lowest BCUT2D eigenvalue weighted by Gasteiger charge is -2.12. The Morgan fingerprint density at radius 1 is 1.08 bits per heavy atom. The highest BCUT2D eigenvalue weighted by molar-refractivity contribution is 5.77. The van der Waals surface area contributed by atoms with Gasteiger partial charge in [0.05, 0.1) is 29.9 Å². The molecule has 4 rings (SSSR count). The minimum absolute atomic E-state index is 0.640. The maximum Gasteiger partial charge on any atom is 0.218 e. The van der Waals surface area contributed by atoms with E-state index in [1.54, 1.807) is 6.33 Å². The van der Waals surface area contributed by atoms with Crippen LogP contribution in [0.4, 0.5) is 0 Å². The molecule has 0 N–H and O–H groups in total. The highest BCUT2D eigenvalue weighted by Crippen LogP contribution is 2.28. The van der Waals surface area contributed by atoms with Crippen molar-refractivity contribution < 1.29 is 4.57 Å². The lowest BCUT2D eigenvalue weighted by atomic mass is 9.99. The zero-order chi connectivity index (χ0) is 18.3. The third-order valence-electron chi connectivity index (χ3n) is 4.88. The quantitative estimate of drug-likeness (QED) is 0.518. The Bertz CT molecular complexity index is 1180. The van der Waals surface area contributed by atoms with Gasteiger partial charge in [-0.1, -0.05) is 12.1 Å². The average molecular weight is 339 g/mol. The van der Waals surface area contributed by atoms with E-state index in [1.165, 1.54) is 5.39 Å². The Labute approximate surface area is 152 Å². The number of imidazole rings is 1. The molecule has 0 bridgehead atoms. The molecule has 0 atom stereocenters. The van der Waals surface area contributed by atoms with Crippen LogP contribution in [0.15, 0.2) is 61.1 Å². The molecule has 0 amide bonds. The molecule has 2 heterocycles. The average Bonchev–Trinajstić information content (AvgIpc) is 3.08. The number of rotatable bonds is 2. The van der Waals surface area contributed by atoms with Gasteiger partial charge in [0.2, 0.25) is 11.2 Å². The molecular weight excluding hydrogens is 320 g/mol. The summed E-state index contributed by atoms with van der Waals surface area (Å²) in [5.41, 5.74) is 7.06. The van der Waals surface area contributed by atoms with Gasteiger partial charge in [-0.2, -0.15) is 9.83 Å². The second-order valence-electron chi connectivity index (χ2n) is 6.54. The van der Waals surface area contributed by atoms with Gasteiger partial charge >= 0.3 is 0 Å². The van der Waals surface area contributed by atoms with Crippen LogP contribution in [-0.4, -0.2) is 9.55 Å². The van der Waals surface area contributed by atoms with Crippen LogP contribution in [0.3, 0.4) is 0 Å². The van der Waals surface area contributed by atoms with Gasteiger partial charge in [-0.15, -0.1) is 0 Å². The first-order valence-electron chi connectivity index (χ1n) is 8.52. The van der Waals surface area contributed by atoms with Gasteiger partial charge < -0.3 is 4.57 Å². The first-order valence-corrected chi connectivity index (χ1v) is 8.52. The van der Waals surface area contributed by atoms with E-state index in [9.17, 15) is 5.26 Å². The van der Waals surface area contributed by atoms with Crippen molar-refractivity contribution in [2.45, 2.75) is 13.8 Å². The van der Waals surface area contributed by atoms with E-state index in [0.717, 1.165) is 33.7 Å². The number of para-hydroxylation sites is 1. The molecule has 0 spiro atoms. The standard InChI is InChI=1S/C22H19N4/c1-15-8-9-18-6-4-5-7-20(18)26(15)21-11-17(12-23)10-19(16(21)2)22-13-24-14-25(22)3/h4-11,13-14H,1-3H3/q+1. The van der Waals surface area contributed by atoms with E-state index in [4.69, 9.17) is 0 Å². The van der Waals surface area contributed by atoms with Crippen molar-refractivity contribution in [1.82, 2.24) is 9.55 Å². The van der Waals surface area contributed by atoms with Gasteiger partial charge in [-0.25, -0.2) is 4.98 Å². The Morgan fingerprint density at radius 3 is 2.62 bits per heavy atom. The molecule has 4 heteroatoms. The molecule has 2 aromatic heterocycles. The van der Waals surface area contributed by atoms with Crippen LogP contribution in [0.1, 0.15) is 16.8 Å². The maximum absolute atomic E-state index is 9.59. The summed E-state index contributed by atoms with van der Waals surface area (Å²) in [4.78, 5) is 4.24. The van der Waals surface area contributed by atoms with E-state index in [1.807, 2.05) is 42.1 Å². The minimum atomic E-state index is 0.640. The molecule has 0 saturated carbocycles. The van der Waals surface area contributed by atoms with Crippen molar-refractivity contribution in [2.24, 2.45) is 7.05 Å². The van der Waals surface area contributed by atoms with Crippen molar-refractivity contribution in [3.63, 3.8) is 0 Å². The number of fused-ring (bicyclic) bond motifs is 1. The van der Waals surface area contributed by atoms with Crippen LogP contribution in [0.5, 0.6) is 0 Å². The third-order valence-corrected chi connectivity index (χ3v) is 4.88. The number of pyridine rings is 1. The second-order valence-corrected chi connectivity index (χ2v) is 6.54. The molecule has 126 valence electrons. The first kappa shape index (κ1) is 16.0. The minimum Gasteiger partial charge on any atom is -0.334 e. The second kappa shape index (κ2) is 6.12. The van der Waals surface area contributed by atoms with Crippen LogP contribution >= 0.6 is 0 Å². The summed E-state index contributed by atoms with van der Waals surface area (Å²) in [7, 11) is 1.97. The van der Waals surface area contributed by atoms with E-state index in [2.05, 4.69) is 53.7 Å². The molecule has 26 heavy (non-hydrogen) atoms. The number of nitriles is 1. The summed E-state index contributed by atoms with van der Waals surface area (Å²) >= 11 is 0. The summed E-state index contributed by atoms with van der Waals surface area (Å²) in [6.45, 7) is 4.20. The van der Waals surface area contributed by atoms with E-state index in [0.29, 0.717) is 5.56 Å². The van der Waals surface area contributed by atoms with Gasteiger partial charge in [0.15, 0.2) is 5.69 Å². The van der Waals surface area contributed by atoms with Crippen molar-refractivity contribution >= 4 is 10.9 Å². The van der Waals surface area contributed by atoms with Crippen LogP contribution in [0.2, 0.25) is 0 Å². The van der Waals surface area contributed by atoms with Crippen molar-refractivity contribution in [2.75, 3.05) is 0 Å². The maximum atomic E-state index is 9.59. The number of hydrogen-bond donors (Lipinski definition) is 0. The summed E-state index contributed by atoms with van der Waals surface area (Å²) < 4.78 is 4.21. The van der Waals surface area contributed by atoms with E-state index < -0.39 is 0 Å². The van der Waals surface area contributed by atoms with Crippen molar-refractivity contribution in [3.05, 3.63) is 77.9 Å². The first-order chi connectivity index (χ1) is 12.6. The van der Waals surface area contributed by atoms with Crippen LogP contribution in [-0.2, 0) is 7.05 Å². The predicted octanol–water partition coefficient (Wildman–Crippen LogP) is 4.01. The molecule has 0 aliphatic heterocycles. The van der Waals surface area contributed by atoms with Crippen LogP contribution < -0.4 is 4.57 Å². The molecule has 0 aliphatic carbocycles. The highest BCUT2D eigenvalue weighted by Gasteiger charge is 2.22. The van der Waals surface area contributed by atoms with Gasteiger partial charge in [0.1, 0.15) is 0 Å². The summed E-state index contributed by atoms with van der Waals surface area (Å²) in [6.07, 6.45) is 3.62. The van der Waals surface area contributed by atoms with E-state index >= 15 is 0 Å². The lowest BCUT2D eigenvalue weighted by Crippen LogP contribution is -2.36. The molecule has 0 radical (unpaired) electrons. The molecule has 0 unspecified atom stereocenters. The zero-order valence-electron chi connectivity index (χ0n) is 15.1. The molecule has 4 aromatic rings. The molecule has 2 aromatic carbocycles. The largest absolute Gasteiger partial charge is 0.334 e. The predicted molar refractivity (Wildman–Crippen MR) is 102 cm³/mol. The van der Waals surface area contributed by atoms with Gasteiger partial charge in [-0.3, -0.25) is 0 Å². The number of hydrogen-bond acceptors (Lipinski definition) is 2. The number of aryl methyl sites for hydroxylation is 2. The topological polar surface area (TPSA) is 45.5 Å². The normalized spacial score (nSPS) is 10.8. The molecule has 0 aliphatic rings. The zero-order valence-corrected chi connectivity index (χ0v) is 15.1. The number of nitrogens with zero attached hydrogens (tertiary/aromatic N) is 4. The summed E-state index contributed by atoms with van der Waals surface area (Å²) in [6, 6.07) is 18.8. The fraction of sp³-hybridized carbons (Fsp3) is 0.136. The molecule has 0 fully saturated rings. The smallest absolute Gasteiger partial charge is 0.218 e. The Hall–Kier alpha value is -3.45. The highest BCUT2D eigenvalue weighted by atomic mass is 15.0. The van der Waals surface area contributed by atoms with Crippen molar-refractivity contribution in [3.8, 4) is 23.0 Å². The van der Waals surface area contributed by atoms with E-state index in [-0.39, 0.29) is 0 Å². The van der Waals surface area contributed by atoms with Gasteiger partial charge in [0.25, 0.3) is 0 Å². The summed E-state index contributed by atoms with van der Waals surface area (Å²) in [5.74, 6) is 0. The van der Waals surface area contributed by atoms with Crippen LogP contribution in [0, 0.1) is 25.2 Å². The molecule has 0 saturated heterocycles. The van der Waals surface area contributed by atoms with Gasteiger partial charge in [-0.05, 0) is 25.1 Å². The Balaban J connectivity index is 2.10. The molecular formula is C22H19N4+.